The maximum atomic E-state index is 9.77. The largest absolute Gasteiger partial charge is 0.395 e. The van der Waals surface area contributed by atoms with Gasteiger partial charge in [-0.15, -0.1) is 0 Å². The van der Waals surface area contributed by atoms with E-state index in [1.807, 2.05) is 30.6 Å². The van der Waals surface area contributed by atoms with Gasteiger partial charge in [0.05, 0.1) is 6.61 Å². The van der Waals surface area contributed by atoms with E-state index >= 15 is 0 Å². The second kappa shape index (κ2) is 7.91. The first kappa shape index (κ1) is 15.7. The Balaban J connectivity index is 2.17. The third-order valence-electron chi connectivity index (χ3n) is 3.79. The van der Waals surface area contributed by atoms with E-state index in [1.165, 1.54) is 11.1 Å². The lowest BCUT2D eigenvalue weighted by atomic mass is 10.0. The molecule has 0 saturated heterocycles. The highest BCUT2D eigenvalue weighted by atomic mass is 16.3. The van der Waals surface area contributed by atoms with Gasteiger partial charge in [-0.05, 0) is 29.2 Å². The first-order valence-corrected chi connectivity index (χ1v) is 7.48. The first-order chi connectivity index (χ1) is 10.2. The number of aromatic nitrogens is 1. The third-order valence-corrected chi connectivity index (χ3v) is 3.79. The van der Waals surface area contributed by atoms with Gasteiger partial charge in [-0.25, -0.2) is 0 Å². The molecule has 1 atom stereocenters. The van der Waals surface area contributed by atoms with Gasteiger partial charge >= 0.3 is 0 Å². The lowest BCUT2D eigenvalue weighted by Crippen LogP contribution is -2.40. The van der Waals surface area contributed by atoms with Crippen LogP contribution < -0.4 is 0 Å². The van der Waals surface area contributed by atoms with E-state index in [4.69, 9.17) is 0 Å². The smallest absolute Gasteiger partial charge is 0.0589 e. The molecular formula is C18H24N2O. The molecule has 0 aliphatic carbocycles. The van der Waals surface area contributed by atoms with E-state index in [-0.39, 0.29) is 12.6 Å². The molecule has 21 heavy (non-hydrogen) atoms. The Morgan fingerprint density at radius 1 is 0.952 bits per heavy atom. The number of hydrogen-bond donors (Lipinski definition) is 1. The quantitative estimate of drug-likeness (QED) is 0.848. The fourth-order valence-corrected chi connectivity index (χ4v) is 2.58. The summed E-state index contributed by atoms with van der Waals surface area (Å²) < 4.78 is 0. The molecule has 1 aromatic heterocycles. The first-order valence-electron chi connectivity index (χ1n) is 7.48. The zero-order valence-corrected chi connectivity index (χ0v) is 12.8. The number of hydrogen-bond acceptors (Lipinski definition) is 3. The van der Waals surface area contributed by atoms with Gasteiger partial charge in [0.15, 0.2) is 0 Å². The molecule has 0 spiro atoms. The number of benzene rings is 1. The summed E-state index contributed by atoms with van der Waals surface area (Å²) >= 11 is 0. The predicted octanol–water partition coefficient (Wildman–Crippen LogP) is 3.10. The summed E-state index contributed by atoms with van der Waals surface area (Å²) in [6.45, 7) is 6.15. The number of aliphatic hydroxyl groups excluding tert-OH is 1. The molecule has 2 rings (SSSR count). The van der Waals surface area contributed by atoms with Gasteiger partial charge in [-0.2, -0.15) is 0 Å². The van der Waals surface area contributed by atoms with Gasteiger partial charge in [0.25, 0.3) is 0 Å². The van der Waals surface area contributed by atoms with Crippen molar-refractivity contribution in [1.29, 1.82) is 0 Å². The van der Waals surface area contributed by atoms with E-state index in [1.54, 1.807) is 0 Å². The molecule has 0 saturated carbocycles. The molecule has 0 bridgehead atoms. The Bertz CT molecular complexity index is 472. The lowest BCUT2D eigenvalue weighted by molar-refractivity contribution is 0.0784. The molecule has 2 aromatic rings. The molecule has 1 unspecified atom stereocenters. The second-order valence-corrected chi connectivity index (χ2v) is 5.74. The normalized spacial score (nSPS) is 12.8. The maximum Gasteiger partial charge on any atom is 0.0589 e. The summed E-state index contributed by atoms with van der Waals surface area (Å²) in [7, 11) is 0. The molecular weight excluding hydrogens is 260 g/mol. The van der Waals surface area contributed by atoms with E-state index in [0.717, 1.165) is 13.1 Å². The van der Waals surface area contributed by atoms with Crippen molar-refractivity contribution < 1.29 is 5.11 Å². The Labute approximate surface area is 127 Å². The van der Waals surface area contributed by atoms with Crippen LogP contribution in [0.15, 0.2) is 54.9 Å². The number of nitrogens with zero attached hydrogens (tertiary/aromatic N) is 2. The van der Waals surface area contributed by atoms with Crippen LogP contribution in [0.25, 0.3) is 0 Å². The van der Waals surface area contributed by atoms with Gasteiger partial charge in [-0.3, -0.25) is 9.88 Å². The van der Waals surface area contributed by atoms with E-state index in [0.29, 0.717) is 5.92 Å². The van der Waals surface area contributed by atoms with E-state index < -0.39 is 0 Å². The SMILES string of the molecule is CC(C)C(CO)N(Cc1ccccc1)Cc1ccncc1. The summed E-state index contributed by atoms with van der Waals surface area (Å²) in [6, 6.07) is 14.6. The van der Waals surface area contributed by atoms with E-state index in [2.05, 4.69) is 48.0 Å². The topological polar surface area (TPSA) is 36.4 Å². The highest BCUT2D eigenvalue weighted by Crippen LogP contribution is 2.17. The van der Waals surface area contributed by atoms with Crippen LogP contribution in [0.3, 0.4) is 0 Å². The zero-order valence-electron chi connectivity index (χ0n) is 12.8. The van der Waals surface area contributed by atoms with Crippen molar-refractivity contribution >= 4 is 0 Å². The number of aliphatic hydroxyl groups is 1. The summed E-state index contributed by atoms with van der Waals surface area (Å²) in [6.07, 6.45) is 3.64. The summed E-state index contributed by atoms with van der Waals surface area (Å²) in [5, 5.41) is 9.77. The van der Waals surface area contributed by atoms with Crippen molar-refractivity contribution in [3.63, 3.8) is 0 Å². The van der Waals surface area contributed by atoms with Gasteiger partial charge in [0.1, 0.15) is 0 Å². The molecule has 3 nitrogen and oxygen atoms in total. The lowest BCUT2D eigenvalue weighted by Gasteiger charge is -2.33. The Kier molecular flexibility index (Phi) is 5.90. The van der Waals surface area contributed by atoms with Gasteiger partial charge in [0.2, 0.25) is 0 Å². The average Bonchev–Trinajstić information content (AvgIpc) is 2.49. The molecule has 0 fully saturated rings. The van der Waals surface area contributed by atoms with Crippen molar-refractivity contribution in [3.05, 3.63) is 66.0 Å². The summed E-state index contributed by atoms with van der Waals surface area (Å²) in [5.74, 6) is 0.403. The van der Waals surface area contributed by atoms with Crippen LogP contribution in [0.1, 0.15) is 25.0 Å². The molecule has 0 radical (unpaired) electrons. The molecule has 112 valence electrons. The molecule has 0 amide bonds. The van der Waals surface area contributed by atoms with Crippen molar-refractivity contribution in [3.8, 4) is 0 Å². The van der Waals surface area contributed by atoms with Gasteiger partial charge in [-0.1, -0.05) is 44.2 Å². The standard InChI is InChI=1S/C18H24N2O/c1-15(2)18(14-21)20(12-16-6-4-3-5-7-16)13-17-8-10-19-11-9-17/h3-11,15,18,21H,12-14H2,1-2H3. The Hall–Kier alpha value is -1.71. The molecule has 1 N–H and O–H groups in total. The molecule has 0 aliphatic rings. The van der Waals surface area contributed by atoms with E-state index in [9.17, 15) is 5.11 Å². The maximum absolute atomic E-state index is 9.77. The summed E-state index contributed by atoms with van der Waals surface area (Å²) in [5.41, 5.74) is 2.49. The molecule has 3 heteroatoms. The van der Waals surface area contributed by atoms with Crippen LogP contribution in [0, 0.1) is 5.92 Å². The second-order valence-electron chi connectivity index (χ2n) is 5.74. The fourth-order valence-electron chi connectivity index (χ4n) is 2.58. The Morgan fingerprint density at radius 3 is 2.05 bits per heavy atom. The van der Waals surface area contributed by atoms with Crippen LogP contribution in [0.2, 0.25) is 0 Å². The van der Waals surface area contributed by atoms with Gasteiger partial charge in [0, 0.05) is 31.5 Å². The van der Waals surface area contributed by atoms with Crippen molar-refractivity contribution in [2.45, 2.75) is 33.0 Å². The van der Waals surface area contributed by atoms with Crippen LogP contribution in [0.5, 0.6) is 0 Å². The highest BCUT2D eigenvalue weighted by Gasteiger charge is 2.21. The molecule has 1 aromatic carbocycles. The third kappa shape index (κ3) is 4.66. The van der Waals surface area contributed by atoms with Crippen molar-refractivity contribution in [2.75, 3.05) is 6.61 Å². The number of rotatable bonds is 7. The monoisotopic (exact) mass is 284 g/mol. The van der Waals surface area contributed by atoms with Crippen LogP contribution >= 0.6 is 0 Å². The van der Waals surface area contributed by atoms with Crippen molar-refractivity contribution in [2.24, 2.45) is 5.92 Å². The zero-order chi connectivity index (χ0) is 15.1. The fraction of sp³-hybridized carbons (Fsp3) is 0.389. The van der Waals surface area contributed by atoms with Crippen LogP contribution in [0.4, 0.5) is 0 Å². The minimum absolute atomic E-state index is 0.151. The Morgan fingerprint density at radius 2 is 1.52 bits per heavy atom. The number of pyridine rings is 1. The summed E-state index contributed by atoms with van der Waals surface area (Å²) in [4.78, 5) is 6.41. The van der Waals surface area contributed by atoms with Gasteiger partial charge < -0.3 is 5.11 Å². The van der Waals surface area contributed by atoms with Crippen molar-refractivity contribution in [1.82, 2.24) is 9.88 Å². The molecule has 0 aliphatic heterocycles. The van der Waals surface area contributed by atoms with Crippen LogP contribution in [-0.2, 0) is 13.1 Å². The average molecular weight is 284 g/mol. The highest BCUT2D eigenvalue weighted by molar-refractivity contribution is 5.16. The minimum atomic E-state index is 0.151. The molecule has 1 heterocycles. The van der Waals surface area contributed by atoms with Crippen LogP contribution in [-0.4, -0.2) is 27.6 Å². The minimum Gasteiger partial charge on any atom is -0.395 e. The predicted molar refractivity (Wildman–Crippen MR) is 85.6 cm³/mol.